The first-order chi connectivity index (χ1) is 8.67. The average molecular weight is 314 g/mol. The predicted octanol–water partition coefficient (Wildman–Crippen LogP) is 3.29. The van der Waals surface area contributed by atoms with Crippen LogP contribution in [0.3, 0.4) is 0 Å². The second-order valence-corrected chi connectivity index (χ2v) is 6.10. The van der Waals surface area contributed by atoms with E-state index in [9.17, 15) is 0 Å². The van der Waals surface area contributed by atoms with Crippen LogP contribution in [0.25, 0.3) is 0 Å². The monoisotopic (exact) mass is 313 g/mol. The van der Waals surface area contributed by atoms with Crippen molar-refractivity contribution in [3.63, 3.8) is 0 Å². The van der Waals surface area contributed by atoms with Gasteiger partial charge in [0.2, 0.25) is 0 Å². The largest absolute Gasteiger partial charge is 0.316 e. The molecule has 0 bridgehead atoms. The summed E-state index contributed by atoms with van der Waals surface area (Å²) >= 11 is 3.70. The van der Waals surface area contributed by atoms with Gasteiger partial charge in [0.15, 0.2) is 0 Å². The van der Waals surface area contributed by atoms with Gasteiger partial charge in [-0.1, -0.05) is 12.8 Å². The van der Waals surface area contributed by atoms with E-state index >= 15 is 0 Å². The second-order valence-electron chi connectivity index (χ2n) is 5.31. The van der Waals surface area contributed by atoms with Gasteiger partial charge in [0, 0.05) is 19.0 Å². The van der Waals surface area contributed by atoms with Gasteiger partial charge in [0.05, 0.1) is 15.9 Å². The number of nitrogens with zero attached hydrogens (tertiary/aromatic N) is 2. The summed E-state index contributed by atoms with van der Waals surface area (Å²) in [5.41, 5.74) is 2.45. The molecule has 0 saturated heterocycles. The summed E-state index contributed by atoms with van der Waals surface area (Å²) in [5, 5.41) is 8.10. The van der Waals surface area contributed by atoms with Crippen molar-refractivity contribution in [2.75, 3.05) is 7.05 Å². The molecule has 3 nitrogen and oxygen atoms in total. The Morgan fingerprint density at radius 1 is 1.44 bits per heavy atom. The van der Waals surface area contributed by atoms with Crippen LogP contribution in [-0.4, -0.2) is 22.9 Å². The molecule has 1 heterocycles. The summed E-state index contributed by atoms with van der Waals surface area (Å²) in [4.78, 5) is 0. The highest BCUT2D eigenvalue weighted by molar-refractivity contribution is 9.10. The van der Waals surface area contributed by atoms with Crippen LogP contribution in [0.4, 0.5) is 0 Å². The molecule has 1 saturated carbocycles. The van der Waals surface area contributed by atoms with Crippen molar-refractivity contribution in [2.45, 2.75) is 58.5 Å². The van der Waals surface area contributed by atoms with Gasteiger partial charge in [-0.15, -0.1) is 0 Å². The first kappa shape index (κ1) is 14.1. The van der Waals surface area contributed by atoms with E-state index in [0.29, 0.717) is 6.04 Å². The minimum Gasteiger partial charge on any atom is -0.316 e. The summed E-state index contributed by atoms with van der Waals surface area (Å²) in [6.45, 7) is 5.18. The van der Waals surface area contributed by atoms with Gasteiger partial charge in [0.1, 0.15) is 0 Å². The van der Waals surface area contributed by atoms with Gasteiger partial charge in [-0.2, -0.15) is 5.10 Å². The van der Waals surface area contributed by atoms with Gasteiger partial charge in [0.25, 0.3) is 0 Å². The lowest BCUT2D eigenvalue weighted by molar-refractivity contribution is 0.368. The van der Waals surface area contributed by atoms with Gasteiger partial charge in [-0.05, 0) is 55.6 Å². The van der Waals surface area contributed by atoms with Crippen LogP contribution in [0.1, 0.15) is 44.0 Å². The maximum absolute atomic E-state index is 4.58. The van der Waals surface area contributed by atoms with Crippen LogP contribution in [0.2, 0.25) is 0 Å². The topological polar surface area (TPSA) is 29.9 Å². The first-order valence-corrected chi connectivity index (χ1v) is 7.85. The van der Waals surface area contributed by atoms with E-state index in [1.54, 1.807) is 0 Å². The van der Waals surface area contributed by atoms with E-state index in [1.165, 1.54) is 35.8 Å². The zero-order chi connectivity index (χ0) is 13.1. The molecule has 1 fully saturated rings. The third-order valence-electron chi connectivity index (χ3n) is 4.21. The Bertz CT molecular complexity index is 394. The lowest BCUT2D eigenvalue weighted by atomic mass is 9.94. The highest BCUT2D eigenvalue weighted by Gasteiger charge is 2.26. The molecule has 1 aromatic rings. The lowest BCUT2D eigenvalue weighted by Crippen LogP contribution is -2.35. The van der Waals surface area contributed by atoms with Crippen molar-refractivity contribution in [2.24, 2.45) is 5.92 Å². The van der Waals surface area contributed by atoms with Crippen molar-refractivity contribution in [3.05, 3.63) is 15.9 Å². The van der Waals surface area contributed by atoms with Gasteiger partial charge < -0.3 is 5.32 Å². The van der Waals surface area contributed by atoms with E-state index in [2.05, 4.69) is 51.9 Å². The number of hydrogen-bond acceptors (Lipinski definition) is 2. The molecule has 102 valence electrons. The molecular weight excluding hydrogens is 290 g/mol. The normalized spacial score (nSPS) is 18.4. The molecule has 2 rings (SSSR count). The number of hydrogen-bond donors (Lipinski definition) is 1. The van der Waals surface area contributed by atoms with Gasteiger partial charge in [-0.25, -0.2) is 0 Å². The van der Waals surface area contributed by atoms with E-state index in [0.717, 1.165) is 24.6 Å². The quantitative estimate of drug-likeness (QED) is 0.904. The number of aryl methyl sites for hydroxylation is 2. The maximum Gasteiger partial charge on any atom is 0.0738 e. The molecule has 0 spiro atoms. The van der Waals surface area contributed by atoms with Crippen LogP contribution in [0.5, 0.6) is 0 Å². The summed E-state index contributed by atoms with van der Waals surface area (Å²) in [6, 6.07) is 0.588. The molecule has 1 atom stereocenters. The molecule has 0 aromatic carbocycles. The highest BCUT2D eigenvalue weighted by atomic mass is 79.9. The summed E-state index contributed by atoms with van der Waals surface area (Å²) < 4.78 is 3.33. The second kappa shape index (κ2) is 6.20. The number of likely N-dealkylation sites (N-methyl/N-ethyl adjacent to an activating group) is 1. The Hall–Kier alpha value is -0.350. The maximum atomic E-state index is 4.58. The van der Waals surface area contributed by atoms with Gasteiger partial charge >= 0.3 is 0 Å². The Kier molecular flexibility index (Phi) is 4.84. The first-order valence-electron chi connectivity index (χ1n) is 7.06. The fourth-order valence-corrected chi connectivity index (χ4v) is 3.58. The lowest BCUT2D eigenvalue weighted by Gasteiger charge is -2.23. The van der Waals surface area contributed by atoms with E-state index in [-0.39, 0.29) is 0 Å². The van der Waals surface area contributed by atoms with Crippen LogP contribution in [0, 0.1) is 12.8 Å². The van der Waals surface area contributed by atoms with Crippen LogP contribution in [0.15, 0.2) is 4.47 Å². The van der Waals surface area contributed by atoms with Crippen LogP contribution in [-0.2, 0) is 13.0 Å². The molecule has 1 N–H and O–H groups in total. The molecule has 0 amide bonds. The molecule has 18 heavy (non-hydrogen) atoms. The van der Waals surface area contributed by atoms with Gasteiger partial charge in [-0.3, -0.25) is 4.68 Å². The van der Waals surface area contributed by atoms with Crippen molar-refractivity contribution in [3.8, 4) is 0 Å². The van der Waals surface area contributed by atoms with Crippen molar-refractivity contribution >= 4 is 15.9 Å². The van der Waals surface area contributed by atoms with Crippen molar-refractivity contribution in [1.82, 2.24) is 15.1 Å². The SMILES string of the molecule is CCn1nc(C)c(Br)c1CC(NC)C1CCCC1. The molecule has 1 aliphatic rings. The Balaban J connectivity index is 2.15. The molecule has 1 aliphatic carbocycles. The third-order valence-corrected chi connectivity index (χ3v) is 5.24. The predicted molar refractivity (Wildman–Crippen MR) is 78.8 cm³/mol. The smallest absolute Gasteiger partial charge is 0.0738 e. The van der Waals surface area contributed by atoms with E-state index in [4.69, 9.17) is 0 Å². The molecule has 1 unspecified atom stereocenters. The van der Waals surface area contributed by atoms with Crippen molar-refractivity contribution < 1.29 is 0 Å². The fourth-order valence-electron chi connectivity index (χ4n) is 3.14. The number of nitrogens with one attached hydrogen (secondary N) is 1. The zero-order valence-corrected chi connectivity index (χ0v) is 13.3. The molecule has 0 aliphatic heterocycles. The van der Waals surface area contributed by atoms with Crippen molar-refractivity contribution in [1.29, 1.82) is 0 Å². The number of aromatic nitrogens is 2. The standard InChI is InChI=1S/C14H24BrN3/c1-4-18-13(14(15)10(2)17-18)9-12(16-3)11-7-5-6-8-11/h11-12,16H,4-9H2,1-3H3. The molecule has 4 heteroatoms. The minimum atomic E-state index is 0.588. The fraction of sp³-hybridized carbons (Fsp3) is 0.786. The van der Waals surface area contributed by atoms with Crippen LogP contribution < -0.4 is 5.32 Å². The Morgan fingerprint density at radius 2 is 2.11 bits per heavy atom. The Labute approximate surface area is 118 Å². The third kappa shape index (κ3) is 2.80. The summed E-state index contributed by atoms with van der Waals surface area (Å²) in [7, 11) is 2.09. The Morgan fingerprint density at radius 3 is 2.67 bits per heavy atom. The van der Waals surface area contributed by atoms with Crippen LogP contribution >= 0.6 is 15.9 Å². The van der Waals surface area contributed by atoms with E-state index < -0.39 is 0 Å². The highest BCUT2D eigenvalue weighted by Crippen LogP contribution is 2.31. The average Bonchev–Trinajstić information content (AvgIpc) is 2.98. The summed E-state index contributed by atoms with van der Waals surface area (Å²) in [5.74, 6) is 0.836. The minimum absolute atomic E-state index is 0.588. The molecule has 0 radical (unpaired) electrons. The zero-order valence-electron chi connectivity index (χ0n) is 11.7. The molecule has 1 aromatic heterocycles. The molecular formula is C14H24BrN3. The van der Waals surface area contributed by atoms with E-state index in [1.807, 2.05) is 0 Å². The summed E-state index contributed by atoms with van der Waals surface area (Å²) in [6.07, 6.45) is 6.63. The number of halogens is 1. The number of rotatable bonds is 5.